The number of ether oxygens (including phenoxy) is 1. The number of hydrogen-bond acceptors (Lipinski definition) is 3. The topological polar surface area (TPSA) is 42.4 Å². The third kappa shape index (κ3) is 3.55. The summed E-state index contributed by atoms with van der Waals surface area (Å²) in [4.78, 5) is 4.14. The van der Waals surface area contributed by atoms with Crippen molar-refractivity contribution < 1.29 is 9.84 Å². The van der Waals surface area contributed by atoms with Gasteiger partial charge in [0.05, 0.1) is 13.2 Å². The molecule has 0 saturated heterocycles. The molecule has 0 aliphatic carbocycles. The second-order valence-corrected chi connectivity index (χ2v) is 4.53. The summed E-state index contributed by atoms with van der Waals surface area (Å²) in [5.41, 5.74) is 3.19. The minimum Gasteiger partial charge on any atom is -0.481 e. The molecule has 0 saturated carbocycles. The van der Waals surface area contributed by atoms with E-state index in [2.05, 4.69) is 24.0 Å². The molecule has 0 amide bonds. The van der Waals surface area contributed by atoms with Crippen molar-refractivity contribution in [2.45, 2.75) is 25.9 Å². The Morgan fingerprint density at radius 3 is 2.68 bits per heavy atom. The van der Waals surface area contributed by atoms with E-state index in [-0.39, 0.29) is 0 Å². The van der Waals surface area contributed by atoms with Crippen LogP contribution in [0.2, 0.25) is 0 Å². The van der Waals surface area contributed by atoms with E-state index in [1.807, 2.05) is 24.3 Å². The van der Waals surface area contributed by atoms with Gasteiger partial charge in [0.1, 0.15) is 0 Å². The van der Waals surface area contributed by atoms with Crippen LogP contribution in [0.25, 0.3) is 0 Å². The fraction of sp³-hybridized carbons (Fsp3) is 0.312. The van der Waals surface area contributed by atoms with E-state index in [0.29, 0.717) is 12.3 Å². The number of aryl methyl sites for hydroxylation is 1. The molecule has 3 heteroatoms. The second-order valence-electron chi connectivity index (χ2n) is 4.53. The average Bonchev–Trinajstić information content (AvgIpc) is 2.48. The molecule has 0 radical (unpaired) electrons. The van der Waals surface area contributed by atoms with Crippen molar-refractivity contribution in [2.24, 2.45) is 0 Å². The normalized spacial score (nSPS) is 12.2. The zero-order chi connectivity index (χ0) is 13.7. The third-order valence-corrected chi connectivity index (χ3v) is 3.18. The molecule has 1 atom stereocenters. The molecule has 100 valence electrons. The lowest BCUT2D eigenvalue weighted by molar-refractivity contribution is 0.178. The summed E-state index contributed by atoms with van der Waals surface area (Å²) in [6.07, 6.45) is 2.78. The van der Waals surface area contributed by atoms with Crippen LogP contribution in [0.1, 0.15) is 29.7 Å². The Morgan fingerprint density at radius 2 is 2.05 bits per heavy atom. The number of benzene rings is 1. The highest BCUT2D eigenvalue weighted by atomic mass is 16.5. The van der Waals surface area contributed by atoms with Crippen LogP contribution >= 0.6 is 0 Å². The first-order valence-corrected chi connectivity index (χ1v) is 6.48. The van der Waals surface area contributed by atoms with Crippen LogP contribution in [0.4, 0.5) is 0 Å². The minimum atomic E-state index is -0.498. The number of aromatic nitrogens is 1. The van der Waals surface area contributed by atoms with Gasteiger partial charge >= 0.3 is 0 Å². The lowest BCUT2D eigenvalue weighted by Crippen LogP contribution is -2.03. The predicted molar refractivity (Wildman–Crippen MR) is 75.3 cm³/mol. The third-order valence-electron chi connectivity index (χ3n) is 3.18. The Morgan fingerprint density at radius 1 is 1.21 bits per heavy atom. The number of pyridine rings is 1. The summed E-state index contributed by atoms with van der Waals surface area (Å²) in [5.74, 6) is 0.589. The van der Waals surface area contributed by atoms with Gasteiger partial charge in [-0.2, -0.15) is 0 Å². The Bertz CT molecular complexity index is 523. The first-order chi connectivity index (χ1) is 9.22. The monoisotopic (exact) mass is 257 g/mol. The van der Waals surface area contributed by atoms with Gasteiger partial charge in [0.2, 0.25) is 5.88 Å². The molecular formula is C16H19NO2. The molecule has 0 bridgehead atoms. The van der Waals surface area contributed by atoms with E-state index in [1.54, 1.807) is 13.3 Å². The highest BCUT2D eigenvalue weighted by molar-refractivity contribution is 5.27. The van der Waals surface area contributed by atoms with Gasteiger partial charge in [-0.05, 0) is 23.1 Å². The fourth-order valence-corrected chi connectivity index (χ4v) is 2.01. The van der Waals surface area contributed by atoms with Gasteiger partial charge in [-0.1, -0.05) is 37.3 Å². The number of aliphatic hydroxyl groups is 1. The van der Waals surface area contributed by atoms with Gasteiger partial charge in [-0.3, -0.25) is 0 Å². The van der Waals surface area contributed by atoms with E-state index >= 15 is 0 Å². The molecule has 1 N–H and O–H groups in total. The average molecular weight is 257 g/mol. The van der Waals surface area contributed by atoms with Crippen molar-refractivity contribution in [1.82, 2.24) is 4.98 Å². The smallest absolute Gasteiger partial charge is 0.212 e. The number of nitrogens with zero attached hydrogens (tertiary/aromatic N) is 1. The standard InChI is InChI=1S/C16H19NO2/c1-3-12-5-4-6-14(9-12)15(18)10-13-7-8-16(19-2)17-11-13/h4-9,11,15,18H,3,10H2,1-2H3. The van der Waals surface area contributed by atoms with Gasteiger partial charge in [0.25, 0.3) is 0 Å². The molecule has 1 unspecified atom stereocenters. The van der Waals surface area contributed by atoms with Crippen LogP contribution < -0.4 is 4.74 Å². The quantitative estimate of drug-likeness (QED) is 0.895. The Hall–Kier alpha value is -1.87. The van der Waals surface area contributed by atoms with Crippen molar-refractivity contribution in [1.29, 1.82) is 0 Å². The molecule has 2 rings (SSSR count). The van der Waals surface area contributed by atoms with Crippen LogP contribution in [0.15, 0.2) is 42.6 Å². The van der Waals surface area contributed by atoms with Gasteiger partial charge in [-0.15, -0.1) is 0 Å². The SMILES string of the molecule is CCc1cccc(C(O)Cc2ccc(OC)nc2)c1. The number of rotatable bonds is 5. The zero-order valence-electron chi connectivity index (χ0n) is 11.3. The van der Waals surface area contributed by atoms with Gasteiger partial charge in [0.15, 0.2) is 0 Å². The summed E-state index contributed by atoms with van der Waals surface area (Å²) in [6.45, 7) is 2.11. The van der Waals surface area contributed by atoms with Crippen molar-refractivity contribution in [2.75, 3.05) is 7.11 Å². The summed E-state index contributed by atoms with van der Waals surface area (Å²) < 4.78 is 5.02. The lowest BCUT2D eigenvalue weighted by atomic mass is 10.00. The summed E-state index contributed by atoms with van der Waals surface area (Å²) in [7, 11) is 1.59. The maximum atomic E-state index is 10.3. The fourth-order valence-electron chi connectivity index (χ4n) is 2.01. The predicted octanol–water partition coefficient (Wildman–Crippen LogP) is 2.93. The molecule has 0 aliphatic rings. The van der Waals surface area contributed by atoms with Crippen molar-refractivity contribution >= 4 is 0 Å². The molecule has 1 aromatic heterocycles. The molecule has 0 fully saturated rings. The first-order valence-electron chi connectivity index (χ1n) is 6.48. The Labute approximate surface area is 113 Å². The van der Waals surface area contributed by atoms with E-state index < -0.39 is 6.10 Å². The van der Waals surface area contributed by atoms with Crippen LogP contribution in [0, 0.1) is 0 Å². The number of methoxy groups -OCH3 is 1. The van der Waals surface area contributed by atoms with E-state index in [1.165, 1.54) is 5.56 Å². The number of aliphatic hydroxyl groups excluding tert-OH is 1. The van der Waals surface area contributed by atoms with Crippen LogP contribution in [0.3, 0.4) is 0 Å². The molecule has 0 spiro atoms. The second kappa shape index (κ2) is 6.34. The van der Waals surface area contributed by atoms with E-state index in [4.69, 9.17) is 4.74 Å². The minimum absolute atomic E-state index is 0.498. The van der Waals surface area contributed by atoms with Crippen LogP contribution in [-0.2, 0) is 12.8 Å². The molecular weight excluding hydrogens is 238 g/mol. The Kier molecular flexibility index (Phi) is 4.53. The largest absolute Gasteiger partial charge is 0.481 e. The molecule has 2 aromatic rings. The Balaban J connectivity index is 2.08. The summed E-state index contributed by atoms with van der Waals surface area (Å²) >= 11 is 0. The number of hydrogen-bond donors (Lipinski definition) is 1. The first kappa shape index (κ1) is 13.6. The molecule has 0 aliphatic heterocycles. The summed E-state index contributed by atoms with van der Waals surface area (Å²) in [5, 5.41) is 10.3. The van der Waals surface area contributed by atoms with Gasteiger partial charge in [-0.25, -0.2) is 4.98 Å². The van der Waals surface area contributed by atoms with E-state index in [9.17, 15) is 5.11 Å². The van der Waals surface area contributed by atoms with Crippen molar-refractivity contribution in [3.05, 3.63) is 59.3 Å². The van der Waals surface area contributed by atoms with Crippen molar-refractivity contribution in [3.63, 3.8) is 0 Å². The van der Waals surface area contributed by atoms with Gasteiger partial charge < -0.3 is 9.84 Å². The lowest BCUT2D eigenvalue weighted by Gasteiger charge is -2.12. The summed E-state index contributed by atoms with van der Waals surface area (Å²) in [6, 6.07) is 11.8. The van der Waals surface area contributed by atoms with Crippen molar-refractivity contribution in [3.8, 4) is 5.88 Å². The maximum absolute atomic E-state index is 10.3. The van der Waals surface area contributed by atoms with Gasteiger partial charge in [0, 0.05) is 18.7 Å². The highest BCUT2D eigenvalue weighted by Gasteiger charge is 2.09. The highest BCUT2D eigenvalue weighted by Crippen LogP contribution is 2.20. The molecule has 3 nitrogen and oxygen atoms in total. The van der Waals surface area contributed by atoms with Crippen LogP contribution in [-0.4, -0.2) is 17.2 Å². The molecule has 1 aromatic carbocycles. The van der Waals surface area contributed by atoms with E-state index in [0.717, 1.165) is 17.5 Å². The maximum Gasteiger partial charge on any atom is 0.212 e. The zero-order valence-corrected chi connectivity index (χ0v) is 11.3. The molecule has 1 heterocycles. The molecule has 19 heavy (non-hydrogen) atoms. The van der Waals surface area contributed by atoms with Crippen LogP contribution in [0.5, 0.6) is 5.88 Å².